The molecule has 1 aliphatic rings. The zero-order chi connectivity index (χ0) is 14.9. The van der Waals surface area contributed by atoms with Crippen LogP contribution in [0, 0.1) is 0 Å². The van der Waals surface area contributed by atoms with Crippen molar-refractivity contribution in [2.75, 3.05) is 0 Å². The smallest absolute Gasteiger partial charge is 0.0211 e. The summed E-state index contributed by atoms with van der Waals surface area (Å²) in [7, 11) is 0. The van der Waals surface area contributed by atoms with Gasteiger partial charge in [-0.05, 0) is 40.5 Å². The van der Waals surface area contributed by atoms with Gasteiger partial charge in [0, 0.05) is 12.6 Å². The van der Waals surface area contributed by atoms with Gasteiger partial charge in [-0.15, -0.1) is 0 Å². The standard InChI is InChI=1S/C20H25N/c1-20(2,3)18-10-9-16-13-19(21-14-17(16)12-18)11-15-7-5-4-6-8-15/h4-10,12,19,21H,11,13-14H2,1-3H3. The minimum atomic E-state index is 0.232. The summed E-state index contributed by atoms with van der Waals surface area (Å²) in [4.78, 5) is 0. The molecule has 0 radical (unpaired) electrons. The Hall–Kier alpha value is -1.60. The van der Waals surface area contributed by atoms with Gasteiger partial charge in [-0.1, -0.05) is 69.3 Å². The van der Waals surface area contributed by atoms with E-state index >= 15 is 0 Å². The Morgan fingerprint density at radius 1 is 1.00 bits per heavy atom. The first-order valence-corrected chi connectivity index (χ1v) is 7.92. The highest BCUT2D eigenvalue weighted by molar-refractivity contribution is 5.37. The Morgan fingerprint density at radius 2 is 1.76 bits per heavy atom. The van der Waals surface area contributed by atoms with Crippen LogP contribution < -0.4 is 5.32 Å². The van der Waals surface area contributed by atoms with E-state index in [1.165, 1.54) is 22.3 Å². The molecular weight excluding hydrogens is 254 g/mol. The molecule has 1 heterocycles. The van der Waals surface area contributed by atoms with E-state index in [-0.39, 0.29) is 5.41 Å². The molecule has 2 aromatic rings. The lowest BCUT2D eigenvalue weighted by atomic mass is 9.83. The Kier molecular flexibility index (Phi) is 3.86. The van der Waals surface area contributed by atoms with Crippen LogP contribution in [-0.4, -0.2) is 6.04 Å². The van der Waals surface area contributed by atoms with Gasteiger partial charge >= 0.3 is 0 Å². The Balaban J connectivity index is 1.74. The third kappa shape index (κ3) is 3.36. The van der Waals surface area contributed by atoms with Crippen molar-refractivity contribution in [1.29, 1.82) is 0 Å². The summed E-state index contributed by atoms with van der Waals surface area (Å²) in [5.41, 5.74) is 6.08. The first kappa shape index (κ1) is 14.3. The fourth-order valence-electron chi connectivity index (χ4n) is 3.09. The van der Waals surface area contributed by atoms with Crippen molar-refractivity contribution in [2.24, 2.45) is 0 Å². The van der Waals surface area contributed by atoms with Crippen LogP contribution in [0.5, 0.6) is 0 Å². The van der Waals surface area contributed by atoms with Gasteiger partial charge in [-0.3, -0.25) is 0 Å². The molecule has 0 saturated heterocycles. The second kappa shape index (κ2) is 5.65. The highest BCUT2D eigenvalue weighted by Gasteiger charge is 2.21. The van der Waals surface area contributed by atoms with E-state index in [0.717, 1.165) is 19.4 Å². The summed E-state index contributed by atoms with van der Waals surface area (Å²) in [5, 5.41) is 3.70. The number of fused-ring (bicyclic) bond motifs is 1. The van der Waals surface area contributed by atoms with Gasteiger partial charge in [0.05, 0.1) is 0 Å². The lowest BCUT2D eigenvalue weighted by molar-refractivity contribution is 0.475. The van der Waals surface area contributed by atoms with Crippen molar-refractivity contribution in [1.82, 2.24) is 5.32 Å². The third-order valence-corrected chi connectivity index (χ3v) is 4.44. The highest BCUT2D eigenvalue weighted by Crippen LogP contribution is 2.27. The van der Waals surface area contributed by atoms with E-state index in [0.29, 0.717) is 6.04 Å². The summed E-state index contributed by atoms with van der Waals surface area (Å²) >= 11 is 0. The summed E-state index contributed by atoms with van der Waals surface area (Å²) < 4.78 is 0. The summed E-state index contributed by atoms with van der Waals surface area (Å²) in [6.07, 6.45) is 2.25. The van der Waals surface area contributed by atoms with Crippen LogP contribution in [0.25, 0.3) is 0 Å². The molecule has 0 amide bonds. The molecule has 0 bridgehead atoms. The topological polar surface area (TPSA) is 12.0 Å². The van der Waals surface area contributed by atoms with E-state index in [2.05, 4.69) is 74.6 Å². The fraction of sp³-hybridized carbons (Fsp3) is 0.400. The molecule has 0 aliphatic carbocycles. The molecule has 0 fully saturated rings. The van der Waals surface area contributed by atoms with Crippen LogP contribution >= 0.6 is 0 Å². The molecule has 1 nitrogen and oxygen atoms in total. The van der Waals surface area contributed by atoms with Gasteiger partial charge in [0.15, 0.2) is 0 Å². The maximum atomic E-state index is 3.70. The predicted molar refractivity (Wildman–Crippen MR) is 89.6 cm³/mol. The lowest BCUT2D eigenvalue weighted by Crippen LogP contribution is -2.37. The summed E-state index contributed by atoms with van der Waals surface area (Å²) in [6.45, 7) is 7.84. The summed E-state index contributed by atoms with van der Waals surface area (Å²) in [6, 6.07) is 18.4. The molecule has 0 spiro atoms. The predicted octanol–water partition coefficient (Wildman–Crippen LogP) is 4.24. The summed E-state index contributed by atoms with van der Waals surface area (Å²) in [5.74, 6) is 0. The quantitative estimate of drug-likeness (QED) is 0.867. The van der Waals surface area contributed by atoms with Crippen molar-refractivity contribution in [2.45, 2.75) is 51.6 Å². The van der Waals surface area contributed by atoms with Crippen LogP contribution in [0.2, 0.25) is 0 Å². The zero-order valence-corrected chi connectivity index (χ0v) is 13.3. The third-order valence-electron chi connectivity index (χ3n) is 4.44. The Bertz CT molecular complexity index is 607. The van der Waals surface area contributed by atoms with E-state index in [1.54, 1.807) is 0 Å². The second-order valence-corrected chi connectivity index (χ2v) is 7.21. The lowest BCUT2D eigenvalue weighted by Gasteiger charge is -2.28. The molecule has 2 aromatic carbocycles. The Morgan fingerprint density at radius 3 is 2.48 bits per heavy atom. The molecule has 0 aromatic heterocycles. The average molecular weight is 279 g/mol. The van der Waals surface area contributed by atoms with Gasteiger partial charge in [0.1, 0.15) is 0 Å². The monoisotopic (exact) mass is 279 g/mol. The molecule has 1 unspecified atom stereocenters. The zero-order valence-electron chi connectivity index (χ0n) is 13.3. The maximum Gasteiger partial charge on any atom is 0.0211 e. The minimum Gasteiger partial charge on any atom is -0.309 e. The minimum absolute atomic E-state index is 0.232. The Labute approximate surface area is 128 Å². The van der Waals surface area contributed by atoms with E-state index in [9.17, 15) is 0 Å². The number of rotatable bonds is 2. The molecule has 1 atom stereocenters. The number of hydrogen-bond acceptors (Lipinski definition) is 1. The van der Waals surface area contributed by atoms with Crippen molar-refractivity contribution < 1.29 is 0 Å². The highest BCUT2D eigenvalue weighted by atomic mass is 14.9. The van der Waals surface area contributed by atoms with Crippen molar-refractivity contribution in [3.63, 3.8) is 0 Å². The van der Waals surface area contributed by atoms with E-state index in [1.807, 2.05) is 0 Å². The number of hydrogen-bond donors (Lipinski definition) is 1. The van der Waals surface area contributed by atoms with Crippen molar-refractivity contribution in [3.8, 4) is 0 Å². The van der Waals surface area contributed by atoms with Gasteiger partial charge in [0.2, 0.25) is 0 Å². The number of benzene rings is 2. The number of nitrogens with one attached hydrogen (secondary N) is 1. The van der Waals surface area contributed by atoms with Crippen LogP contribution in [0.3, 0.4) is 0 Å². The molecule has 110 valence electrons. The van der Waals surface area contributed by atoms with E-state index in [4.69, 9.17) is 0 Å². The van der Waals surface area contributed by atoms with Crippen molar-refractivity contribution in [3.05, 3.63) is 70.8 Å². The molecule has 1 aliphatic heterocycles. The van der Waals surface area contributed by atoms with E-state index < -0.39 is 0 Å². The van der Waals surface area contributed by atoms with Crippen molar-refractivity contribution >= 4 is 0 Å². The van der Waals surface area contributed by atoms with Gasteiger partial charge in [0.25, 0.3) is 0 Å². The van der Waals surface area contributed by atoms with Crippen LogP contribution in [0.15, 0.2) is 48.5 Å². The van der Waals surface area contributed by atoms with Gasteiger partial charge in [-0.2, -0.15) is 0 Å². The SMILES string of the molecule is CC(C)(C)c1ccc2c(c1)CNC(Cc1ccccc1)C2. The average Bonchev–Trinajstić information content (AvgIpc) is 2.47. The van der Waals surface area contributed by atoms with Crippen LogP contribution in [0.4, 0.5) is 0 Å². The molecule has 1 heteroatoms. The van der Waals surface area contributed by atoms with Crippen LogP contribution in [-0.2, 0) is 24.8 Å². The van der Waals surface area contributed by atoms with Gasteiger partial charge in [-0.25, -0.2) is 0 Å². The molecule has 1 N–H and O–H groups in total. The molecule has 3 rings (SSSR count). The molecule has 0 saturated carbocycles. The largest absolute Gasteiger partial charge is 0.309 e. The fourth-order valence-corrected chi connectivity index (χ4v) is 3.09. The van der Waals surface area contributed by atoms with Gasteiger partial charge < -0.3 is 5.32 Å². The second-order valence-electron chi connectivity index (χ2n) is 7.21. The first-order valence-electron chi connectivity index (χ1n) is 7.92. The van der Waals surface area contributed by atoms with Crippen LogP contribution in [0.1, 0.15) is 43.0 Å². The molecule has 21 heavy (non-hydrogen) atoms. The normalized spacial score (nSPS) is 18.3. The maximum absolute atomic E-state index is 3.70. The first-order chi connectivity index (χ1) is 10.0. The molecular formula is C20H25N.